The third kappa shape index (κ3) is 5.45. The first-order chi connectivity index (χ1) is 12.7. The van der Waals surface area contributed by atoms with Gasteiger partial charge >= 0.3 is 5.69 Å². The molecule has 27 heavy (non-hydrogen) atoms. The van der Waals surface area contributed by atoms with E-state index in [-0.39, 0.29) is 41.0 Å². The lowest BCUT2D eigenvalue weighted by Gasteiger charge is -2.17. The van der Waals surface area contributed by atoms with Crippen LogP contribution in [0.25, 0.3) is 0 Å². The Balaban J connectivity index is 1.95. The fraction of sp³-hybridized carbons (Fsp3) is 0.294. The second kappa shape index (κ2) is 8.88. The van der Waals surface area contributed by atoms with Crippen LogP contribution < -0.4 is 16.6 Å². The molecule has 0 saturated carbocycles. The van der Waals surface area contributed by atoms with Crippen LogP contribution in [0.5, 0.6) is 0 Å². The van der Waals surface area contributed by atoms with E-state index in [1.54, 1.807) is 25.1 Å². The Labute approximate surface area is 164 Å². The number of aromatic nitrogens is 2. The number of nitrogens with zero attached hydrogens (tertiary/aromatic N) is 1. The third-order valence-electron chi connectivity index (χ3n) is 3.88. The standard InChI is InChI=1S/C17H18Cl2N4O4/c1-9-10(16(26)22-17(27)20-9)6-7-14(25)23(2)8-13(24)21-15-11(18)4-3-5-12(15)19/h3-5H,6-8H2,1-2H3,(H,21,24)(H2,20,22,26,27). The minimum atomic E-state index is -0.598. The lowest BCUT2D eigenvalue weighted by Crippen LogP contribution is -2.35. The van der Waals surface area contributed by atoms with Crippen LogP contribution in [0, 0.1) is 6.92 Å². The van der Waals surface area contributed by atoms with Gasteiger partial charge in [0, 0.05) is 24.7 Å². The molecule has 1 aromatic heterocycles. The van der Waals surface area contributed by atoms with Gasteiger partial charge in [-0.3, -0.25) is 19.4 Å². The van der Waals surface area contributed by atoms with E-state index in [0.717, 1.165) is 0 Å². The summed E-state index contributed by atoms with van der Waals surface area (Å²) in [5, 5.41) is 3.15. The van der Waals surface area contributed by atoms with E-state index in [1.165, 1.54) is 11.9 Å². The van der Waals surface area contributed by atoms with E-state index in [0.29, 0.717) is 11.3 Å². The number of aryl methyl sites for hydroxylation is 1. The van der Waals surface area contributed by atoms with Crippen molar-refractivity contribution < 1.29 is 9.59 Å². The number of carbonyl (C=O) groups is 2. The zero-order chi connectivity index (χ0) is 20.1. The number of rotatable bonds is 6. The van der Waals surface area contributed by atoms with Crippen molar-refractivity contribution in [3.05, 3.63) is 60.3 Å². The van der Waals surface area contributed by atoms with Gasteiger partial charge < -0.3 is 15.2 Å². The molecule has 144 valence electrons. The molecule has 0 saturated heterocycles. The maximum absolute atomic E-state index is 12.2. The van der Waals surface area contributed by atoms with E-state index in [9.17, 15) is 19.2 Å². The molecule has 0 unspecified atom stereocenters. The highest BCUT2D eigenvalue weighted by Gasteiger charge is 2.16. The van der Waals surface area contributed by atoms with E-state index in [1.807, 2.05) is 0 Å². The van der Waals surface area contributed by atoms with Crippen molar-refractivity contribution in [2.45, 2.75) is 19.8 Å². The number of para-hydroxylation sites is 1. The third-order valence-corrected chi connectivity index (χ3v) is 4.51. The van der Waals surface area contributed by atoms with Crippen LogP contribution in [0.4, 0.5) is 5.69 Å². The molecule has 2 rings (SSSR count). The maximum Gasteiger partial charge on any atom is 0.325 e. The van der Waals surface area contributed by atoms with Crippen molar-refractivity contribution in [3.8, 4) is 0 Å². The van der Waals surface area contributed by atoms with E-state index < -0.39 is 17.2 Å². The van der Waals surface area contributed by atoms with Crippen LogP contribution >= 0.6 is 23.2 Å². The molecule has 0 atom stereocenters. The summed E-state index contributed by atoms with van der Waals surface area (Å²) in [4.78, 5) is 53.2. The van der Waals surface area contributed by atoms with Crippen LogP contribution in [0.15, 0.2) is 27.8 Å². The lowest BCUT2D eigenvalue weighted by atomic mass is 10.1. The van der Waals surface area contributed by atoms with Crippen LogP contribution in [0.2, 0.25) is 10.0 Å². The normalized spacial score (nSPS) is 10.5. The number of nitrogens with one attached hydrogen (secondary N) is 3. The monoisotopic (exact) mass is 412 g/mol. The molecule has 0 fully saturated rings. The molecule has 10 heteroatoms. The predicted octanol–water partition coefficient (Wildman–Crippen LogP) is 1.71. The molecule has 2 aromatic rings. The quantitative estimate of drug-likeness (QED) is 0.669. The van der Waals surface area contributed by atoms with Crippen LogP contribution in [0.1, 0.15) is 17.7 Å². The number of aromatic amines is 2. The van der Waals surface area contributed by atoms with E-state index >= 15 is 0 Å². The van der Waals surface area contributed by atoms with Gasteiger partial charge in [0.15, 0.2) is 0 Å². The van der Waals surface area contributed by atoms with Gasteiger partial charge in [-0.1, -0.05) is 29.3 Å². The largest absolute Gasteiger partial charge is 0.336 e. The maximum atomic E-state index is 12.2. The summed E-state index contributed by atoms with van der Waals surface area (Å²) in [5.74, 6) is -0.792. The summed E-state index contributed by atoms with van der Waals surface area (Å²) in [6.45, 7) is 1.38. The van der Waals surface area contributed by atoms with Crippen molar-refractivity contribution in [2.24, 2.45) is 0 Å². The number of carbonyl (C=O) groups excluding carboxylic acids is 2. The highest BCUT2D eigenvalue weighted by Crippen LogP contribution is 2.29. The van der Waals surface area contributed by atoms with Gasteiger partial charge in [0.25, 0.3) is 5.56 Å². The van der Waals surface area contributed by atoms with Crippen LogP contribution in [-0.4, -0.2) is 40.3 Å². The minimum absolute atomic E-state index is 0.00654. The Morgan fingerprint density at radius 1 is 1.15 bits per heavy atom. The van der Waals surface area contributed by atoms with Gasteiger partial charge in [-0.05, 0) is 25.5 Å². The molecular weight excluding hydrogens is 395 g/mol. The SMILES string of the molecule is Cc1[nH]c(=O)[nH]c(=O)c1CCC(=O)N(C)CC(=O)Nc1c(Cl)cccc1Cl. The second-order valence-corrected chi connectivity index (χ2v) is 6.72. The molecule has 8 nitrogen and oxygen atoms in total. The van der Waals surface area contributed by atoms with Gasteiger partial charge in [0.1, 0.15) is 0 Å². The number of anilines is 1. The summed E-state index contributed by atoms with van der Waals surface area (Å²) in [5.41, 5.74) is -0.117. The Morgan fingerprint density at radius 3 is 2.37 bits per heavy atom. The number of benzene rings is 1. The van der Waals surface area contributed by atoms with Gasteiger partial charge in [0.05, 0.1) is 22.3 Å². The molecule has 0 spiro atoms. The van der Waals surface area contributed by atoms with Crippen LogP contribution in [0.3, 0.4) is 0 Å². The van der Waals surface area contributed by atoms with Crippen molar-refractivity contribution >= 4 is 40.7 Å². The Bertz CT molecular complexity index is 963. The number of H-pyrrole nitrogens is 2. The van der Waals surface area contributed by atoms with Crippen molar-refractivity contribution in [3.63, 3.8) is 0 Å². The molecule has 0 aliphatic heterocycles. The molecule has 0 aliphatic carbocycles. The van der Waals surface area contributed by atoms with Gasteiger partial charge in [-0.25, -0.2) is 4.79 Å². The molecule has 0 radical (unpaired) electrons. The first kappa shape index (κ1) is 20.7. The summed E-state index contributed by atoms with van der Waals surface area (Å²) in [6, 6.07) is 4.82. The summed E-state index contributed by atoms with van der Waals surface area (Å²) >= 11 is 12.0. The molecule has 3 N–H and O–H groups in total. The average molecular weight is 413 g/mol. The number of likely N-dealkylation sites (N-methyl/N-ethyl adjacent to an activating group) is 1. The highest BCUT2D eigenvalue weighted by molar-refractivity contribution is 6.39. The predicted molar refractivity (Wildman–Crippen MR) is 103 cm³/mol. The molecule has 0 bridgehead atoms. The number of halogens is 2. The summed E-state index contributed by atoms with van der Waals surface area (Å²) in [6.07, 6.45) is 0.145. The Hall–Kier alpha value is -2.58. The fourth-order valence-corrected chi connectivity index (χ4v) is 2.94. The van der Waals surface area contributed by atoms with Gasteiger partial charge in [-0.2, -0.15) is 0 Å². The molecule has 2 amide bonds. The van der Waals surface area contributed by atoms with Crippen molar-refractivity contribution in [2.75, 3.05) is 18.9 Å². The summed E-state index contributed by atoms with van der Waals surface area (Å²) < 4.78 is 0. The smallest absolute Gasteiger partial charge is 0.325 e. The van der Waals surface area contributed by atoms with Gasteiger partial charge in [0.2, 0.25) is 11.8 Å². The highest BCUT2D eigenvalue weighted by atomic mass is 35.5. The minimum Gasteiger partial charge on any atom is -0.336 e. The fourth-order valence-electron chi connectivity index (χ4n) is 2.45. The number of hydrogen-bond donors (Lipinski definition) is 3. The lowest BCUT2D eigenvalue weighted by molar-refractivity contribution is -0.133. The van der Waals surface area contributed by atoms with Crippen molar-refractivity contribution in [1.82, 2.24) is 14.9 Å². The Kier molecular flexibility index (Phi) is 6.81. The van der Waals surface area contributed by atoms with Crippen LogP contribution in [-0.2, 0) is 16.0 Å². The summed E-state index contributed by atoms with van der Waals surface area (Å²) in [7, 11) is 1.47. The van der Waals surface area contributed by atoms with E-state index in [4.69, 9.17) is 23.2 Å². The Morgan fingerprint density at radius 2 is 1.78 bits per heavy atom. The number of hydrogen-bond acceptors (Lipinski definition) is 4. The molecule has 1 heterocycles. The number of amides is 2. The zero-order valence-corrected chi connectivity index (χ0v) is 16.2. The molecule has 0 aliphatic rings. The first-order valence-electron chi connectivity index (χ1n) is 7.99. The molecular formula is C17H18Cl2N4O4. The van der Waals surface area contributed by atoms with Gasteiger partial charge in [-0.15, -0.1) is 0 Å². The topological polar surface area (TPSA) is 115 Å². The van der Waals surface area contributed by atoms with Crippen molar-refractivity contribution in [1.29, 1.82) is 0 Å². The molecule has 1 aromatic carbocycles. The zero-order valence-electron chi connectivity index (χ0n) is 14.7. The van der Waals surface area contributed by atoms with E-state index in [2.05, 4.69) is 15.3 Å². The average Bonchev–Trinajstić information content (AvgIpc) is 2.57. The first-order valence-corrected chi connectivity index (χ1v) is 8.74. The second-order valence-electron chi connectivity index (χ2n) is 5.91.